The zero-order chi connectivity index (χ0) is 24.5. The molecule has 0 aliphatic carbocycles. The summed E-state index contributed by atoms with van der Waals surface area (Å²) in [5.74, 6) is -1.47. The molecule has 1 amide bonds. The Morgan fingerprint density at radius 1 is 1.00 bits per heavy atom. The van der Waals surface area contributed by atoms with Gasteiger partial charge in [0, 0.05) is 38.6 Å². The number of benzene rings is 1. The lowest BCUT2D eigenvalue weighted by Gasteiger charge is -2.32. The summed E-state index contributed by atoms with van der Waals surface area (Å²) in [6.07, 6.45) is 6.58. The number of carbonyl (C=O) groups excluding carboxylic acids is 2. The predicted octanol–water partition coefficient (Wildman–Crippen LogP) is 6.66. The number of unbranched alkanes of at least 4 members (excludes halogenated alkanes) is 5. The van der Waals surface area contributed by atoms with E-state index in [1.54, 1.807) is 25.1 Å². The summed E-state index contributed by atoms with van der Waals surface area (Å²) in [7, 11) is 0. The fraction of sp³-hybridized carbons (Fsp3) is 0.538. The average Bonchev–Trinajstić information content (AvgIpc) is 2.72. The van der Waals surface area contributed by atoms with Crippen molar-refractivity contribution in [2.24, 2.45) is 0 Å². The van der Waals surface area contributed by atoms with Gasteiger partial charge >= 0.3 is 5.97 Å². The molecule has 1 heterocycles. The number of dihydropyridines is 1. The largest absolute Gasteiger partial charge is 0.462 e. The van der Waals surface area contributed by atoms with E-state index in [9.17, 15) is 9.59 Å². The topological polar surface area (TPSA) is 67.4 Å². The molecule has 1 atom stereocenters. The number of nitrogens with one attached hydrogen (secondary N) is 2. The Labute approximate surface area is 207 Å². The predicted molar refractivity (Wildman–Crippen MR) is 135 cm³/mol. The molecule has 0 aromatic heterocycles. The zero-order valence-electron chi connectivity index (χ0n) is 20.3. The van der Waals surface area contributed by atoms with E-state index in [4.69, 9.17) is 27.9 Å². The highest BCUT2D eigenvalue weighted by Gasteiger charge is 2.39. The van der Waals surface area contributed by atoms with Crippen molar-refractivity contribution in [1.82, 2.24) is 10.6 Å². The summed E-state index contributed by atoms with van der Waals surface area (Å²) in [5.41, 5.74) is 2.58. The number of ether oxygens (including phenoxy) is 1. The first kappa shape index (κ1) is 27.3. The number of carbonyl (C=O) groups is 2. The Kier molecular flexibility index (Phi) is 10.8. The van der Waals surface area contributed by atoms with Crippen LogP contribution in [0.1, 0.15) is 84.6 Å². The summed E-state index contributed by atoms with van der Waals surface area (Å²) in [5, 5.41) is 6.91. The van der Waals surface area contributed by atoms with Crippen LogP contribution in [0.4, 0.5) is 0 Å². The van der Waals surface area contributed by atoms with Crippen molar-refractivity contribution < 1.29 is 14.3 Å². The minimum absolute atomic E-state index is 0.0738. The summed E-state index contributed by atoms with van der Waals surface area (Å²) in [6.45, 7) is 9.91. The highest BCUT2D eigenvalue weighted by atomic mass is 35.5. The van der Waals surface area contributed by atoms with Gasteiger partial charge in [0.2, 0.25) is 5.91 Å². The van der Waals surface area contributed by atoms with Gasteiger partial charge in [-0.05, 0) is 46.2 Å². The second kappa shape index (κ2) is 13.0. The minimum atomic E-state index is -0.733. The van der Waals surface area contributed by atoms with E-state index in [1.165, 1.54) is 19.3 Å². The van der Waals surface area contributed by atoms with Gasteiger partial charge in [-0.15, -0.1) is 0 Å². The van der Waals surface area contributed by atoms with Gasteiger partial charge in [-0.25, -0.2) is 4.79 Å². The smallest absolute Gasteiger partial charge is 0.336 e. The Morgan fingerprint density at radius 2 is 1.58 bits per heavy atom. The number of allylic oxidation sites excluding steroid dienone is 2. The second-order valence-electron chi connectivity index (χ2n) is 8.80. The molecule has 2 N–H and O–H groups in total. The Balaban J connectivity index is 2.36. The molecule has 1 unspecified atom stereocenters. The van der Waals surface area contributed by atoms with Crippen LogP contribution in [-0.4, -0.2) is 24.5 Å². The number of rotatable bonds is 11. The van der Waals surface area contributed by atoms with Crippen LogP contribution in [0.5, 0.6) is 0 Å². The van der Waals surface area contributed by atoms with Crippen molar-refractivity contribution in [2.45, 2.75) is 85.1 Å². The van der Waals surface area contributed by atoms with Crippen molar-refractivity contribution >= 4 is 35.1 Å². The Hall–Kier alpha value is -1.98. The van der Waals surface area contributed by atoms with E-state index in [-0.39, 0.29) is 11.9 Å². The third kappa shape index (κ3) is 7.25. The van der Waals surface area contributed by atoms with Crippen LogP contribution in [-0.2, 0) is 14.3 Å². The average molecular weight is 495 g/mol. The monoisotopic (exact) mass is 494 g/mol. The molecule has 182 valence electrons. The van der Waals surface area contributed by atoms with Crippen LogP contribution < -0.4 is 10.6 Å². The second-order valence-corrected chi connectivity index (χ2v) is 9.62. The van der Waals surface area contributed by atoms with E-state index in [0.717, 1.165) is 19.3 Å². The lowest BCUT2D eigenvalue weighted by atomic mass is 9.79. The number of hydrogen-bond donors (Lipinski definition) is 2. The zero-order valence-corrected chi connectivity index (χ0v) is 21.8. The summed E-state index contributed by atoms with van der Waals surface area (Å²) >= 11 is 13.1. The molecule has 0 bridgehead atoms. The third-order valence-electron chi connectivity index (χ3n) is 5.66. The SMILES string of the molecule is CCCCCCCCOC(=O)C1=C(C)NC(C)=C(C(=O)NC(C)C)C1c1c(Cl)cccc1Cl. The van der Waals surface area contributed by atoms with Crippen molar-refractivity contribution in [3.05, 3.63) is 56.3 Å². The maximum atomic E-state index is 13.3. The molecule has 1 aliphatic rings. The first-order valence-electron chi connectivity index (χ1n) is 11.8. The van der Waals surface area contributed by atoms with E-state index in [2.05, 4.69) is 17.6 Å². The van der Waals surface area contributed by atoms with Gasteiger partial charge in [-0.1, -0.05) is 68.3 Å². The van der Waals surface area contributed by atoms with Crippen LogP contribution in [0, 0.1) is 0 Å². The fourth-order valence-electron chi connectivity index (χ4n) is 4.11. The van der Waals surface area contributed by atoms with Gasteiger partial charge in [-0.2, -0.15) is 0 Å². The molecule has 1 aromatic rings. The fourth-order valence-corrected chi connectivity index (χ4v) is 4.72. The van der Waals surface area contributed by atoms with Crippen molar-refractivity contribution in [3.63, 3.8) is 0 Å². The first-order valence-corrected chi connectivity index (χ1v) is 12.5. The molecule has 0 radical (unpaired) electrons. The van der Waals surface area contributed by atoms with Gasteiger partial charge in [0.25, 0.3) is 0 Å². The quantitative estimate of drug-likeness (QED) is 0.266. The first-order chi connectivity index (χ1) is 15.7. The molecule has 5 nitrogen and oxygen atoms in total. The molecular formula is C26H36Cl2N2O3. The van der Waals surface area contributed by atoms with Gasteiger partial charge in [-0.3, -0.25) is 4.79 Å². The molecule has 2 rings (SSSR count). The van der Waals surface area contributed by atoms with E-state index >= 15 is 0 Å². The van der Waals surface area contributed by atoms with Crippen molar-refractivity contribution in [2.75, 3.05) is 6.61 Å². The molecule has 0 fully saturated rings. The molecule has 0 saturated heterocycles. The highest BCUT2D eigenvalue weighted by molar-refractivity contribution is 6.36. The standard InChI is InChI=1S/C26H36Cl2N2O3/c1-6-7-8-9-10-11-15-33-26(32)22-18(5)30-17(4)21(25(31)29-16(2)3)24(22)23-19(27)13-12-14-20(23)28/h12-14,16,24,30H,6-11,15H2,1-5H3,(H,29,31). The lowest BCUT2D eigenvalue weighted by molar-refractivity contribution is -0.139. The Morgan fingerprint density at radius 3 is 2.18 bits per heavy atom. The number of hydrogen-bond acceptors (Lipinski definition) is 4. The van der Waals surface area contributed by atoms with Crippen molar-refractivity contribution in [3.8, 4) is 0 Å². The number of esters is 1. The van der Waals surface area contributed by atoms with Gasteiger partial charge in [0.15, 0.2) is 0 Å². The molecule has 0 spiro atoms. The summed E-state index contributed by atoms with van der Waals surface area (Å²) < 4.78 is 5.66. The van der Waals surface area contributed by atoms with E-state index in [0.29, 0.717) is 44.8 Å². The van der Waals surface area contributed by atoms with Crippen LogP contribution in [0.25, 0.3) is 0 Å². The van der Waals surface area contributed by atoms with Crippen LogP contribution in [0.2, 0.25) is 10.0 Å². The van der Waals surface area contributed by atoms with Crippen LogP contribution in [0.15, 0.2) is 40.7 Å². The lowest BCUT2D eigenvalue weighted by Crippen LogP contribution is -2.39. The van der Waals surface area contributed by atoms with E-state index in [1.807, 2.05) is 20.8 Å². The maximum Gasteiger partial charge on any atom is 0.336 e. The highest BCUT2D eigenvalue weighted by Crippen LogP contribution is 2.44. The number of amides is 1. The van der Waals surface area contributed by atoms with Gasteiger partial charge < -0.3 is 15.4 Å². The molecule has 1 aliphatic heterocycles. The van der Waals surface area contributed by atoms with Crippen molar-refractivity contribution in [1.29, 1.82) is 0 Å². The molecular weight excluding hydrogens is 459 g/mol. The van der Waals surface area contributed by atoms with E-state index < -0.39 is 11.9 Å². The third-order valence-corrected chi connectivity index (χ3v) is 6.32. The van der Waals surface area contributed by atoms with Gasteiger partial charge in [0.05, 0.1) is 18.1 Å². The summed E-state index contributed by atoms with van der Waals surface area (Å²) in [6, 6.07) is 5.10. The maximum absolute atomic E-state index is 13.3. The molecule has 1 aromatic carbocycles. The number of halogens is 2. The van der Waals surface area contributed by atoms with Crippen LogP contribution >= 0.6 is 23.2 Å². The summed E-state index contributed by atoms with van der Waals surface area (Å²) in [4.78, 5) is 26.5. The molecule has 7 heteroatoms. The van der Waals surface area contributed by atoms with Crippen LogP contribution in [0.3, 0.4) is 0 Å². The molecule has 33 heavy (non-hydrogen) atoms. The minimum Gasteiger partial charge on any atom is -0.462 e. The Bertz CT molecular complexity index is 902. The molecule has 0 saturated carbocycles. The van der Waals surface area contributed by atoms with Gasteiger partial charge in [0.1, 0.15) is 0 Å². The normalized spacial score (nSPS) is 16.2.